The van der Waals surface area contributed by atoms with Gasteiger partial charge in [-0.05, 0) is 36.4 Å². The van der Waals surface area contributed by atoms with Crippen LogP contribution in [0.1, 0.15) is 13.8 Å². The Labute approximate surface area is 180 Å². The van der Waals surface area contributed by atoms with Crippen molar-refractivity contribution in [2.24, 2.45) is 0 Å². The van der Waals surface area contributed by atoms with E-state index in [0.29, 0.717) is 42.0 Å². The Morgan fingerprint density at radius 3 is 2.45 bits per heavy atom. The van der Waals surface area contributed by atoms with Crippen LogP contribution in [0.4, 0.5) is 0 Å². The number of carbonyl (C=O) groups excluding carboxylic acids is 1. The molecule has 7 nitrogen and oxygen atoms in total. The second-order valence-corrected chi connectivity index (χ2v) is 9.23. The molecule has 1 heterocycles. The summed E-state index contributed by atoms with van der Waals surface area (Å²) in [6.07, 6.45) is 1.33. The van der Waals surface area contributed by atoms with E-state index in [1.807, 2.05) is 0 Å². The zero-order chi connectivity index (χ0) is 21.3. The molecule has 1 N–H and O–H groups in total. The third-order valence-corrected chi connectivity index (χ3v) is 7.14. The maximum Gasteiger partial charge on any atom is 0.244 e. The van der Waals surface area contributed by atoms with Crippen LogP contribution in [0.5, 0.6) is 5.75 Å². The van der Waals surface area contributed by atoms with Crippen LogP contribution in [0.15, 0.2) is 52.5 Å². The summed E-state index contributed by atoms with van der Waals surface area (Å²) in [5.41, 5.74) is 0. The van der Waals surface area contributed by atoms with E-state index in [9.17, 15) is 13.2 Å². The number of pyridine rings is 1. The number of amides is 1. The normalized spacial score (nSPS) is 11.4. The van der Waals surface area contributed by atoms with Crippen molar-refractivity contribution >= 4 is 39.3 Å². The van der Waals surface area contributed by atoms with Crippen molar-refractivity contribution in [3.8, 4) is 5.75 Å². The Bertz CT molecular complexity index is 887. The van der Waals surface area contributed by atoms with Gasteiger partial charge in [0, 0.05) is 24.3 Å². The Morgan fingerprint density at radius 1 is 1.17 bits per heavy atom. The second kappa shape index (κ2) is 11.4. The number of benzene rings is 1. The number of ether oxygens (including phenoxy) is 1. The molecule has 2 aromatic rings. The molecule has 0 fully saturated rings. The van der Waals surface area contributed by atoms with Gasteiger partial charge < -0.3 is 10.1 Å². The lowest BCUT2D eigenvalue weighted by atomic mass is 10.3. The minimum Gasteiger partial charge on any atom is -0.492 e. The van der Waals surface area contributed by atoms with Crippen LogP contribution >= 0.6 is 23.4 Å². The van der Waals surface area contributed by atoms with Crippen molar-refractivity contribution in [2.75, 3.05) is 32.0 Å². The Balaban J connectivity index is 1.75. The van der Waals surface area contributed by atoms with Crippen molar-refractivity contribution in [1.82, 2.24) is 14.6 Å². The molecule has 0 saturated carbocycles. The standard InChI is InChI=1S/C19H24ClN3O4S2/c1-3-23(4-2)29(25,26)17-9-10-19(22-13-17)28-14-18(24)21-11-12-27-16-7-5-15(20)6-8-16/h5-10,13H,3-4,11-12,14H2,1-2H3,(H,21,24). The van der Waals surface area contributed by atoms with Gasteiger partial charge in [-0.25, -0.2) is 13.4 Å². The average Bonchev–Trinajstić information content (AvgIpc) is 2.72. The van der Waals surface area contributed by atoms with E-state index in [-0.39, 0.29) is 16.6 Å². The zero-order valence-electron chi connectivity index (χ0n) is 16.3. The monoisotopic (exact) mass is 457 g/mol. The summed E-state index contributed by atoms with van der Waals surface area (Å²) in [6.45, 7) is 5.09. The first-order valence-corrected chi connectivity index (χ1v) is 11.9. The number of aromatic nitrogens is 1. The minimum atomic E-state index is -3.53. The molecule has 0 unspecified atom stereocenters. The van der Waals surface area contributed by atoms with Gasteiger partial charge in [0.2, 0.25) is 15.9 Å². The second-order valence-electron chi connectivity index (χ2n) is 5.86. The van der Waals surface area contributed by atoms with Gasteiger partial charge in [0.1, 0.15) is 17.3 Å². The van der Waals surface area contributed by atoms with E-state index in [1.54, 1.807) is 44.2 Å². The first-order valence-electron chi connectivity index (χ1n) is 9.11. The fourth-order valence-corrected chi connectivity index (χ4v) is 4.60. The molecular weight excluding hydrogens is 434 g/mol. The molecule has 29 heavy (non-hydrogen) atoms. The quantitative estimate of drug-likeness (QED) is 0.412. The number of carbonyl (C=O) groups is 1. The molecule has 0 saturated heterocycles. The molecular formula is C19H24ClN3O4S2. The lowest BCUT2D eigenvalue weighted by molar-refractivity contribution is -0.118. The molecule has 0 aliphatic carbocycles. The summed E-state index contributed by atoms with van der Waals surface area (Å²) in [5.74, 6) is 0.703. The Kier molecular flexibility index (Phi) is 9.22. The molecule has 10 heteroatoms. The van der Waals surface area contributed by atoms with Crippen LogP contribution in [-0.4, -0.2) is 55.6 Å². The summed E-state index contributed by atoms with van der Waals surface area (Å²) in [6, 6.07) is 10.1. The first-order chi connectivity index (χ1) is 13.9. The maximum absolute atomic E-state index is 12.4. The fraction of sp³-hybridized carbons (Fsp3) is 0.368. The van der Waals surface area contributed by atoms with Crippen LogP contribution in [0.25, 0.3) is 0 Å². The van der Waals surface area contributed by atoms with E-state index in [0.717, 1.165) is 0 Å². The van der Waals surface area contributed by atoms with E-state index in [2.05, 4.69) is 10.3 Å². The molecule has 158 valence electrons. The molecule has 2 rings (SSSR count). The number of hydrogen-bond acceptors (Lipinski definition) is 6. The largest absolute Gasteiger partial charge is 0.492 e. The molecule has 0 radical (unpaired) electrons. The minimum absolute atomic E-state index is 0.148. The van der Waals surface area contributed by atoms with Crippen molar-refractivity contribution in [1.29, 1.82) is 0 Å². The summed E-state index contributed by atoms with van der Waals surface area (Å²) < 4.78 is 31.7. The lowest BCUT2D eigenvalue weighted by Crippen LogP contribution is -2.30. The highest BCUT2D eigenvalue weighted by atomic mass is 35.5. The Hall–Kier alpha value is -1.81. The predicted octanol–water partition coefficient (Wildman–Crippen LogP) is 3.05. The van der Waals surface area contributed by atoms with Gasteiger partial charge in [0.15, 0.2) is 0 Å². The number of hydrogen-bond donors (Lipinski definition) is 1. The number of nitrogens with zero attached hydrogens (tertiary/aromatic N) is 2. The van der Waals surface area contributed by atoms with Crippen molar-refractivity contribution in [3.63, 3.8) is 0 Å². The summed E-state index contributed by atoms with van der Waals surface area (Å²) in [4.78, 5) is 16.2. The van der Waals surface area contributed by atoms with Gasteiger partial charge in [-0.3, -0.25) is 4.79 Å². The van der Waals surface area contributed by atoms with Crippen LogP contribution in [-0.2, 0) is 14.8 Å². The average molecular weight is 458 g/mol. The number of nitrogens with one attached hydrogen (secondary N) is 1. The van der Waals surface area contributed by atoms with Crippen LogP contribution < -0.4 is 10.1 Å². The highest BCUT2D eigenvalue weighted by molar-refractivity contribution is 7.99. The van der Waals surface area contributed by atoms with E-state index in [4.69, 9.17) is 16.3 Å². The highest BCUT2D eigenvalue weighted by Gasteiger charge is 2.21. The molecule has 1 amide bonds. The van der Waals surface area contributed by atoms with Crippen molar-refractivity contribution in [3.05, 3.63) is 47.6 Å². The molecule has 0 atom stereocenters. The van der Waals surface area contributed by atoms with Gasteiger partial charge >= 0.3 is 0 Å². The van der Waals surface area contributed by atoms with Gasteiger partial charge in [0.25, 0.3) is 0 Å². The smallest absolute Gasteiger partial charge is 0.244 e. The number of rotatable bonds is 11. The van der Waals surface area contributed by atoms with Crippen LogP contribution in [0, 0.1) is 0 Å². The number of thioether (sulfide) groups is 1. The summed E-state index contributed by atoms with van der Waals surface area (Å²) >= 11 is 7.04. The number of halogens is 1. The zero-order valence-corrected chi connectivity index (χ0v) is 18.7. The van der Waals surface area contributed by atoms with Gasteiger partial charge in [0.05, 0.1) is 17.3 Å². The van der Waals surface area contributed by atoms with Gasteiger partial charge in [-0.15, -0.1) is 0 Å². The number of sulfonamides is 1. The molecule has 1 aromatic heterocycles. The SMILES string of the molecule is CCN(CC)S(=O)(=O)c1ccc(SCC(=O)NCCOc2ccc(Cl)cc2)nc1. The Morgan fingerprint density at radius 2 is 1.86 bits per heavy atom. The molecule has 0 aliphatic rings. The predicted molar refractivity (Wildman–Crippen MR) is 115 cm³/mol. The lowest BCUT2D eigenvalue weighted by Gasteiger charge is -2.18. The van der Waals surface area contributed by atoms with E-state index < -0.39 is 10.0 Å². The fourth-order valence-electron chi connectivity index (χ4n) is 2.40. The van der Waals surface area contributed by atoms with Crippen molar-refractivity contribution in [2.45, 2.75) is 23.8 Å². The van der Waals surface area contributed by atoms with E-state index >= 15 is 0 Å². The third kappa shape index (κ3) is 7.18. The highest BCUT2D eigenvalue weighted by Crippen LogP contribution is 2.19. The van der Waals surface area contributed by atoms with Gasteiger partial charge in [-0.2, -0.15) is 4.31 Å². The van der Waals surface area contributed by atoms with Crippen LogP contribution in [0.3, 0.4) is 0 Å². The van der Waals surface area contributed by atoms with Crippen molar-refractivity contribution < 1.29 is 17.9 Å². The maximum atomic E-state index is 12.4. The van der Waals surface area contributed by atoms with Crippen LogP contribution in [0.2, 0.25) is 5.02 Å². The first kappa shape index (κ1) is 23.5. The third-order valence-electron chi connectivity index (χ3n) is 3.91. The molecule has 0 bridgehead atoms. The molecule has 0 spiro atoms. The summed E-state index contributed by atoms with van der Waals surface area (Å²) in [5, 5.41) is 3.97. The van der Waals surface area contributed by atoms with Gasteiger partial charge in [-0.1, -0.05) is 37.2 Å². The topological polar surface area (TPSA) is 88.6 Å². The molecule has 1 aromatic carbocycles. The summed E-state index contributed by atoms with van der Waals surface area (Å²) in [7, 11) is -3.53. The molecule has 0 aliphatic heterocycles. The van der Waals surface area contributed by atoms with E-state index in [1.165, 1.54) is 28.3 Å².